The van der Waals surface area contributed by atoms with Crippen molar-refractivity contribution >= 4 is 11.8 Å². The number of furan rings is 1. The van der Waals surface area contributed by atoms with Crippen molar-refractivity contribution in [1.29, 1.82) is 0 Å². The van der Waals surface area contributed by atoms with Gasteiger partial charge in [0.15, 0.2) is 11.5 Å². The minimum absolute atomic E-state index is 0.0181. The predicted octanol–water partition coefficient (Wildman–Crippen LogP) is 5.07. The lowest BCUT2D eigenvalue weighted by Gasteiger charge is -2.31. The van der Waals surface area contributed by atoms with Gasteiger partial charge in [0.1, 0.15) is 11.5 Å². The van der Waals surface area contributed by atoms with Crippen LogP contribution in [-0.2, 0) is 27.4 Å². The van der Waals surface area contributed by atoms with Gasteiger partial charge in [-0.15, -0.1) is 0 Å². The maximum absolute atomic E-state index is 13.8. The summed E-state index contributed by atoms with van der Waals surface area (Å²) in [5.74, 6) is 2.73. The molecule has 0 unspecified atom stereocenters. The Morgan fingerprint density at radius 1 is 1.05 bits per heavy atom. The van der Waals surface area contributed by atoms with Crippen LogP contribution in [0.25, 0.3) is 0 Å². The number of carbonyl (C=O) groups excluding carboxylic acids is 2. The van der Waals surface area contributed by atoms with Crippen LogP contribution in [0.15, 0.2) is 34.7 Å². The van der Waals surface area contributed by atoms with E-state index in [1.165, 1.54) is 0 Å². The Labute approximate surface area is 219 Å². The highest BCUT2D eigenvalue weighted by Gasteiger charge is 2.30. The van der Waals surface area contributed by atoms with Gasteiger partial charge in [-0.2, -0.15) is 0 Å². The summed E-state index contributed by atoms with van der Waals surface area (Å²) in [6.45, 7) is 8.13. The molecule has 0 saturated carbocycles. The quantitative estimate of drug-likeness (QED) is 0.373. The lowest BCUT2D eigenvalue weighted by molar-refractivity contribution is -0.145. The van der Waals surface area contributed by atoms with Crippen molar-refractivity contribution in [3.05, 3.63) is 47.4 Å². The topological polar surface area (TPSA) is 81.5 Å². The normalized spacial score (nSPS) is 17.1. The highest BCUT2D eigenvalue weighted by molar-refractivity contribution is 5.86. The van der Waals surface area contributed by atoms with E-state index in [1.807, 2.05) is 37.3 Å². The van der Waals surface area contributed by atoms with Gasteiger partial charge in [0.05, 0.1) is 19.2 Å². The van der Waals surface area contributed by atoms with Crippen LogP contribution < -0.4 is 9.47 Å². The van der Waals surface area contributed by atoms with Crippen molar-refractivity contribution in [2.24, 2.45) is 5.92 Å². The van der Waals surface area contributed by atoms with E-state index in [1.54, 1.807) is 9.80 Å². The van der Waals surface area contributed by atoms with E-state index in [2.05, 4.69) is 13.8 Å². The van der Waals surface area contributed by atoms with E-state index < -0.39 is 0 Å². The molecule has 2 aliphatic heterocycles. The fourth-order valence-corrected chi connectivity index (χ4v) is 4.99. The number of carbonyl (C=O) groups is 2. The number of aryl methyl sites for hydroxylation is 1. The molecule has 37 heavy (non-hydrogen) atoms. The average molecular weight is 513 g/mol. The van der Waals surface area contributed by atoms with Crippen LogP contribution in [0.4, 0.5) is 0 Å². The number of amides is 2. The highest BCUT2D eigenvalue weighted by atomic mass is 16.7. The summed E-state index contributed by atoms with van der Waals surface area (Å²) in [7, 11) is 0. The van der Waals surface area contributed by atoms with Crippen molar-refractivity contribution in [2.45, 2.75) is 78.5 Å². The molecule has 0 spiro atoms. The summed E-state index contributed by atoms with van der Waals surface area (Å²) in [6, 6.07) is 9.50. The molecule has 8 nitrogen and oxygen atoms in total. The Bertz CT molecular complexity index is 1040. The molecule has 2 amide bonds. The smallest absolute Gasteiger partial charge is 0.242 e. The second-order valence-electron chi connectivity index (χ2n) is 10.1. The van der Waals surface area contributed by atoms with Crippen molar-refractivity contribution in [3.63, 3.8) is 0 Å². The number of nitrogens with zero attached hydrogens (tertiary/aromatic N) is 2. The van der Waals surface area contributed by atoms with Gasteiger partial charge in [-0.05, 0) is 62.4 Å². The van der Waals surface area contributed by atoms with E-state index in [4.69, 9.17) is 18.6 Å². The number of hydrogen-bond acceptors (Lipinski definition) is 6. The van der Waals surface area contributed by atoms with Crippen LogP contribution in [0.1, 0.15) is 69.5 Å². The predicted molar refractivity (Wildman–Crippen MR) is 139 cm³/mol. The molecule has 1 aromatic heterocycles. The molecule has 2 atom stereocenters. The maximum Gasteiger partial charge on any atom is 0.242 e. The zero-order chi connectivity index (χ0) is 26.2. The first kappa shape index (κ1) is 27.0. The van der Waals surface area contributed by atoms with Gasteiger partial charge in [0, 0.05) is 25.6 Å². The van der Waals surface area contributed by atoms with E-state index in [0.717, 1.165) is 49.8 Å². The van der Waals surface area contributed by atoms with Crippen molar-refractivity contribution in [3.8, 4) is 11.5 Å². The Morgan fingerprint density at radius 2 is 1.89 bits per heavy atom. The molecule has 4 rings (SSSR count). The summed E-state index contributed by atoms with van der Waals surface area (Å²) in [4.78, 5) is 30.9. The van der Waals surface area contributed by atoms with Gasteiger partial charge in [-0.3, -0.25) is 9.59 Å². The first-order chi connectivity index (χ1) is 18.0. The van der Waals surface area contributed by atoms with Gasteiger partial charge in [-0.25, -0.2) is 0 Å². The molecule has 0 aliphatic carbocycles. The lowest BCUT2D eigenvalue weighted by Crippen LogP contribution is -2.47. The molecule has 3 heterocycles. The second-order valence-corrected chi connectivity index (χ2v) is 10.1. The van der Waals surface area contributed by atoms with Crippen LogP contribution in [0.2, 0.25) is 0 Å². The fraction of sp³-hybridized carbons (Fsp3) is 0.586. The van der Waals surface area contributed by atoms with Crippen molar-refractivity contribution < 1.29 is 28.2 Å². The van der Waals surface area contributed by atoms with Gasteiger partial charge in [0.2, 0.25) is 18.6 Å². The summed E-state index contributed by atoms with van der Waals surface area (Å²) >= 11 is 0. The highest BCUT2D eigenvalue weighted by Crippen LogP contribution is 2.33. The number of hydrogen-bond donors (Lipinski definition) is 0. The minimum atomic E-state index is -0.122. The zero-order valence-electron chi connectivity index (χ0n) is 22.4. The number of rotatable bonds is 13. The van der Waals surface area contributed by atoms with Crippen LogP contribution in [-0.4, -0.2) is 54.2 Å². The largest absolute Gasteiger partial charge is 0.464 e. The monoisotopic (exact) mass is 512 g/mol. The van der Waals surface area contributed by atoms with E-state index in [9.17, 15) is 9.59 Å². The summed E-state index contributed by atoms with van der Waals surface area (Å²) < 4.78 is 22.6. The van der Waals surface area contributed by atoms with Crippen molar-refractivity contribution in [1.82, 2.24) is 9.80 Å². The second kappa shape index (κ2) is 13.0. The molecule has 0 N–H and O–H groups in total. The summed E-state index contributed by atoms with van der Waals surface area (Å²) in [6.07, 6.45) is 5.53. The molecule has 202 valence electrons. The van der Waals surface area contributed by atoms with Crippen LogP contribution in [0, 0.1) is 12.8 Å². The summed E-state index contributed by atoms with van der Waals surface area (Å²) in [5, 5.41) is 0. The minimum Gasteiger partial charge on any atom is -0.464 e. The zero-order valence-corrected chi connectivity index (χ0v) is 22.4. The Kier molecular flexibility index (Phi) is 9.50. The maximum atomic E-state index is 13.8. The fourth-order valence-electron chi connectivity index (χ4n) is 4.99. The molecule has 1 saturated heterocycles. The van der Waals surface area contributed by atoms with Gasteiger partial charge in [-0.1, -0.05) is 32.8 Å². The standard InChI is InChI=1S/C29H40N2O6/c1-4-6-8-23(5-2)29(33)31(17-24-9-7-14-34-24)19-28(32)30(18-25-12-10-21(3)37-25)16-22-11-13-26-27(15-22)36-20-35-26/h10-13,15,23-24H,4-9,14,16-20H2,1-3H3/t23-,24+/m1/s1. The SMILES string of the molecule is CCCC[C@@H](CC)C(=O)N(CC(=O)N(Cc1ccc2c(c1)OCO2)Cc1ccc(C)o1)C[C@@H]1CCCO1. The Balaban J connectivity index is 1.53. The number of ether oxygens (including phenoxy) is 3. The van der Waals surface area contributed by atoms with Crippen LogP contribution in [0.3, 0.4) is 0 Å². The molecule has 0 bridgehead atoms. The van der Waals surface area contributed by atoms with Gasteiger partial charge < -0.3 is 28.4 Å². The molecule has 8 heteroatoms. The summed E-state index contributed by atoms with van der Waals surface area (Å²) in [5.41, 5.74) is 0.923. The molecule has 2 aliphatic rings. The third-order valence-electron chi connectivity index (χ3n) is 7.14. The molecular weight excluding hydrogens is 472 g/mol. The van der Waals surface area contributed by atoms with Crippen LogP contribution >= 0.6 is 0 Å². The van der Waals surface area contributed by atoms with Gasteiger partial charge >= 0.3 is 0 Å². The first-order valence-corrected chi connectivity index (χ1v) is 13.6. The molecule has 1 fully saturated rings. The molecule has 0 radical (unpaired) electrons. The third-order valence-corrected chi connectivity index (χ3v) is 7.14. The van der Waals surface area contributed by atoms with E-state index >= 15 is 0 Å². The molecular formula is C29H40N2O6. The Hall–Kier alpha value is -3.00. The average Bonchev–Trinajstić information content (AvgIpc) is 3.66. The first-order valence-electron chi connectivity index (χ1n) is 13.6. The lowest BCUT2D eigenvalue weighted by atomic mass is 9.97. The number of fused-ring (bicyclic) bond motifs is 1. The third kappa shape index (κ3) is 7.28. The number of unbranched alkanes of at least 4 members (excludes halogenated alkanes) is 1. The van der Waals surface area contributed by atoms with Crippen molar-refractivity contribution in [2.75, 3.05) is 26.5 Å². The van der Waals surface area contributed by atoms with E-state index in [-0.39, 0.29) is 37.2 Å². The molecule has 2 aromatic rings. The Morgan fingerprint density at radius 3 is 2.59 bits per heavy atom. The van der Waals surface area contributed by atoms with Gasteiger partial charge in [0.25, 0.3) is 0 Å². The molecule has 1 aromatic carbocycles. The van der Waals surface area contributed by atoms with Crippen LogP contribution in [0.5, 0.6) is 11.5 Å². The van der Waals surface area contributed by atoms with E-state index in [0.29, 0.717) is 43.5 Å². The number of benzene rings is 1.